The molecule has 0 radical (unpaired) electrons. The summed E-state index contributed by atoms with van der Waals surface area (Å²) in [4.78, 5) is 8.95. The van der Waals surface area contributed by atoms with Crippen LogP contribution in [0.2, 0.25) is 0 Å². The molecule has 0 atom stereocenters. The second-order valence-corrected chi connectivity index (χ2v) is 32.7. The van der Waals surface area contributed by atoms with Crippen LogP contribution in [0.25, 0.3) is 154 Å². The maximum absolute atomic E-state index is 2.40. The minimum absolute atomic E-state index is 1.17. The molecule has 0 N–H and O–H groups in total. The zero-order valence-corrected chi connectivity index (χ0v) is 71.8. The smallest absolute Gasteiger partial charge is 0.0542 e. The summed E-state index contributed by atoms with van der Waals surface area (Å²) in [5.41, 5.74) is 28.9. The Kier molecular flexibility index (Phi) is 21.2. The largest absolute Gasteiger partial charge is 0.345 e. The van der Waals surface area contributed by atoms with E-state index in [0.717, 1.165) is 0 Å². The first-order valence-electron chi connectivity index (χ1n) is 43.8. The first-order valence-corrected chi connectivity index (χ1v) is 43.8. The molecule has 24 rings (SSSR count). The molecule has 0 amide bonds. The highest BCUT2D eigenvalue weighted by atomic mass is 15.1. The quantitative estimate of drug-likeness (QED) is 0.109. The van der Waals surface area contributed by atoms with E-state index < -0.39 is 0 Å². The average molecular weight is 1650 g/mol. The Balaban J connectivity index is 0.000000104. The van der Waals surface area contributed by atoms with Gasteiger partial charge in [0.05, 0.1) is 49.8 Å². The summed E-state index contributed by atoms with van der Waals surface area (Å²) in [6, 6.07) is 173. The van der Waals surface area contributed by atoms with Gasteiger partial charge in [-0.25, -0.2) is 0 Å². The van der Waals surface area contributed by atoms with E-state index in [-0.39, 0.29) is 0 Å². The minimum atomic E-state index is 1.17. The molecule has 0 unspecified atom stereocenters. The van der Waals surface area contributed by atoms with Gasteiger partial charge in [-0.1, -0.05) is 297 Å². The van der Waals surface area contributed by atoms with Gasteiger partial charge in [0.2, 0.25) is 0 Å². The number of rotatable bonds is 14. The van der Waals surface area contributed by atoms with E-state index in [1.54, 1.807) is 0 Å². The molecule has 8 heteroatoms. The Morgan fingerprint density at radius 1 is 0.141 bits per heavy atom. The Labute approximate surface area is 745 Å². The van der Waals surface area contributed by atoms with Crippen LogP contribution in [-0.4, -0.2) is 46.5 Å². The second-order valence-electron chi connectivity index (χ2n) is 32.7. The second kappa shape index (κ2) is 34.6. The summed E-state index contributed by atoms with van der Waals surface area (Å²) in [5, 5.41) is 15.2. The molecular formula is C120H92N8. The van der Waals surface area contributed by atoms with Gasteiger partial charge in [-0.15, -0.1) is 0 Å². The highest BCUT2D eigenvalue weighted by molar-refractivity contribution is 6.15. The lowest BCUT2D eigenvalue weighted by Gasteiger charge is -2.20. The topological polar surface area (TPSA) is 32.7 Å². The summed E-state index contributed by atoms with van der Waals surface area (Å²) in [7, 11) is 8.50. The van der Waals surface area contributed by atoms with Crippen molar-refractivity contribution in [3.63, 3.8) is 0 Å². The van der Waals surface area contributed by atoms with Crippen LogP contribution in [0.4, 0.5) is 45.5 Å². The van der Waals surface area contributed by atoms with E-state index in [4.69, 9.17) is 0 Å². The van der Waals surface area contributed by atoms with Crippen molar-refractivity contribution in [3.05, 3.63) is 485 Å². The minimum Gasteiger partial charge on any atom is -0.345 e. The molecular weight excluding hydrogens is 1550 g/mol. The van der Waals surface area contributed by atoms with Crippen molar-refractivity contribution in [3.8, 4) is 45.0 Å². The molecule has 4 heterocycles. The van der Waals surface area contributed by atoms with E-state index in [1.807, 2.05) is 0 Å². The number of nitrogens with zero attached hydrogens (tertiary/aromatic N) is 8. The summed E-state index contributed by atoms with van der Waals surface area (Å²) in [6.07, 6.45) is 0. The summed E-state index contributed by atoms with van der Waals surface area (Å²) >= 11 is 0. The molecule has 0 spiro atoms. The van der Waals surface area contributed by atoms with Crippen molar-refractivity contribution < 1.29 is 0 Å². The normalized spacial score (nSPS) is 11.3. The average Bonchev–Trinajstić information content (AvgIpc) is 1.60. The predicted molar refractivity (Wildman–Crippen MR) is 547 cm³/mol. The number of anilines is 8. The highest BCUT2D eigenvalue weighted by Gasteiger charge is 2.21. The maximum Gasteiger partial charge on any atom is 0.0542 e. The molecule has 4 aromatic heterocycles. The monoisotopic (exact) mass is 1640 g/mol. The Morgan fingerprint density at radius 2 is 0.414 bits per heavy atom. The van der Waals surface area contributed by atoms with Gasteiger partial charge in [-0.3, -0.25) is 0 Å². The zero-order chi connectivity index (χ0) is 86.0. The molecule has 0 saturated carbocycles. The lowest BCUT2D eigenvalue weighted by Crippen LogP contribution is -2.08. The molecule has 0 fully saturated rings. The first kappa shape index (κ1) is 78.6. The van der Waals surface area contributed by atoms with Crippen LogP contribution in [0.1, 0.15) is 0 Å². The standard InChI is InChI=1S/2C31H24N2.2C29H22N2/c1-32(25-14-6-3-7-15-25)26-19-20-31-29(22-26)28-17-8-9-18-30(28)33(31)27-16-10-13-24(21-27)23-11-4-2-5-12-23;1-32(25-12-6-3-7-13-25)27-20-21-31-29(22-27)28-14-8-9-15-30(28)33(31)26-18-16-24(17-19-26)23-10-4-2-5-11-23;1-30(22-12-3-2-4-13-22)23-18-19-29-26(20-23)25-15-7-8-16-28(25)31(29)27-17-9-11-21-10-5-6-14-24(21)27;1-30(23-11-3-2-4-12-23)24-17-18-29-27(20-24)26-13-7-8-14-28(26)31(29)25-16-15-21-9-5-6-10-22(21)19-25/h2*2-22H,1H3;2*2-20H,1H3. The van der Waals surface area contributed by atoms with E-state index in [9.17, 15) is 0 Å². The van der Waals surface area contributed by atoms with E-state index >= 15 is 0 Å². The molecule has 0 aliphatic rings. The van der Waals surface area contributed by atoms with Gasteiger partial charge in [0.1, 0.15) is 0 Å². The first-order chi connectivity index (χ1) is 63.2. The SMILES string of the molecule is CN(c1ccccc1)c1ccc2c(c1)c1ccccc1n2-c1ccc(-c2ccccc2)cc1.CN(c1ccccc1)c1ccc2c(c1)c1ccccc1n2-c1ccc2ccccc2c1.CN(c1ccccc1)c1ccc2c(c1)c1ccccc1n2-c1cccc(-c2ccccc2)c1.CN(c1ccccc1)c1ccc2c(c1)c1ccccc1n2-c1cccc2ccccc12. The van der Waals surface area contributed by atoms with Crippen LogP contribution in [0, 0.1) is 0 Å². The number of para-hydroxylation sites is 8. The van der Waals surface area contributed by atoms with E-state index in [1.165, 1.54) is 199 Å². The van der Waals surface area contributed by atoms with Gasteiger partial charge in [0, 0.05) is 139 Å². The molecule has 24 aromatic rings. The van der Waals surface area contributed by atoms with Gasteiger partial charge < -0.3 is 37.9 Å². The third-order valence-corrected chi connectivity index (χ3v) is 25.2. The fraction of sp³-hybridized carbons (Fsp3) is 0.0333. The number of fused-ring (bicyclic) bond motifs is 14. The summed E-state index contributed by atoms with van der Waals surface area (Å²) in [6.45, 7) is 0. The van der Waals surface area contributed by atoms with Crippen LogP contribution in [0.5, 0.6) is 0 Å². The number of aromatic nitrogens is 4. The van der Waals surface area contributed by atoms with Crippen molar-refractivity contribution in [1.82, 2.24) is 18.3 Å². The molecule has 612 valence electrons. The lowest BCUT2D eigenvalue weighted by molar-refractivity contribution is 1.17. The molecule has 128 heavy (non-hydrogen) atoms. The van der Waals surface area contributed by atoms with Crippen LogP contribution >= 0.6 is 0 Å². The number of hydrogen-bond acceptors (Lipinski definition) is 4. The molecule has 20 aromatic carbocycles. The number of benzene rings is 20. The van der Waals surface area contributed by atoms with E-state index in [0.29, 0.717) is 0 Å². The van der Waals surface area contributed by atoms with Gasteiger partial charge in [0.15, 0.2) is 0 Å². The summed E-state index contributed by atoms with van der Waals surface area (Å²) < 4.78 is 9.53. The van der Waals surface area contributed by atoms with Crippen LogP contribution < -0.4 is 19.6 Å². The highest BCUT2D eigenvalue weighted by Crippen LogP contribution is 2.43. The van der Waals surface area contributed by atoms with Crippen molar-refractivity contribution in [2.24, 2.45) is 0 Å². The molecule has 0 aliphatic carbocycles. The van der Waals surface area contributed by atoms with Gasteiger partial charge >= 0.3 is 0 Å². The van der Waals surface area contributed by atoms with Crippen molar-refractivity contribution in [1.29, 1.82) is 0 Å². The van der Waals surface area contributed by atoms with Crippen molar-refractivity contribution >= 4 is 154 Å². The Morgan fingerprint density at radius 3 is 0.828 bits per heavy atom. The Bertz CT molecular complexity index is 8110. The van der Waals surface area contributed by atoms with Gasteiger partial charge in [-0.05, 0) is 226 Å². The molecule has 0 bridgehead atoms. The van der Waals surface area contributed by atoms with E-state index in [2.05, 4.69) is 551 Å². The van der Waals surface area contributed by atoms with Crippen molar-refractivity contribution in [2.75, 3.05) is 47.8 Å². The van der Waals surface area contributed by atoms with Crippen molar-refractivity contribution in [2.45, 2.75) is 0 Å². The molecule has 8 nitrogen and oxygen atoms in total. The van der Waals surface area contributed by atoms with Crippen LogP contribution in [0.3, 0.4) is 0 Å². The number of hydrogen-bond donors (Lipinski definition) is 0. The fourth-order valence-electron chi connectivity index (χ4n) is 18.6. The molecule has 0 saturated heterocycles. The third-order valence-electron chi connectivity index (χ3n) is 25.2. The summed E-state index contributed by atoms with van der Waals surface area (Å²) in [5.74, 6) is 0. The third kappa shape index (κ3) is 15.0. The lowest BCUT2D eigenvalue weighted by atomic mass is 10.1. The van der Waals surface area contributed by atoms with Crippen LogP contribution in [0.15, 0.2) is 485 Å². The maximum atomic E-state index is 2.40. The zero-order valence-electron chi connectivity index (χ0n) is 71.8. The molecule has 0 aliphatic heterocycles. The van der Waals surface area contributed by atoms with Gasteiger partial charge in [0.25, 0.3) is 0 Å². The fourth-order valence-corrected chi connectivity index (χ4v) is 18.6. The van der Waals surface area contributed by atoms with Crippen LogP contribution in [-0.2, 0) is 0 Å². The van der Waals surface area contributed by atoms with Gasteiger partial charge in [-0.2, -0.15) is 0 Å². The Hall–Kier alpha value is -16.7. The predicted octanol–water partition coefficient (Wildman–Crippen LogP) is 31.8.